The van der Waals surface area contributed by atoms with Gasteiger partial charge in [0, 0.05) is 11.8 Å². The zero-order chi connectivity index (χ0) is 13.1. The summed E-state index contributed by atoms with van der Waals surface area (Å²) in [6.45, 7) is 3.92. The first kappa shape index (κ1) is 11.2. The number of benzene rings is 1. The number of hydrogen-bond donors (Lipinski definition) is 2. The number of amides is 3. The summed E-state index contributed by atoms with van der Waals surface area (Å²) in [7, 11) is 0. The van der Waals surface area contributed by atoms with Gasteiger partial charge in [0.15, 0.2) is 0 Å². The number of hydrogen-bond acceptors (Lipinski definition) is 3. The molecule has 18 heavy (non-hydrogen) atoms. The van der Waals surface area contributed by atoms with Crippen molar-refractivity contribution < 1.29 is 9.59 Å². The number of nitrogens with two attached hydrogens (primary N) is 1. The SMILES string of the molecule is CC1c2ccccc2C(C)C12NC(=O)N(N)C2=O. The smallest absolute Gasteiger partial charge is 0.321 e. The lowest BCUT2D eigenvalue weighted by Gasteiger charge is -2.30. The van der Waals surface area contributed by atoms with Crippen molar-refractivity contribution in [2.75, 3.05) is 0 Å². The Labute approximate surface area is 105 Å². The van der Waals surface area contributed by atoms with Crippen LogP contribution in [0.2, 0.25) is 0 Å². The maximum Gasteiger partial charge on any atom is 0.339 e. The lowest BCUT2D eigenvalue weighted by molar-refractivity contribution is -0.132. The summed E-state index contributed by atoms with van der Waals surface area (Å²) in [5, 5.41) is 3.48. The molecule has 0 aromatic heterocycles. The third-order valence-corrected chi connectivity index (χ3v) is 4.40. The zero-order valence-electron chi connectivity index (χ0n) is 10.3. The fraction of sp³-hybridized carbons (Fsp3) is 0.385. The highest BCUT2D eigenvalue weighted by molar-refractivity contribution is 6.08. The number of fused-ring (bicyclic) bond motifs is 1. The Kier molecular flexibility index (Phi) is 2.07. The molecule has 1 heterocycles. The van der Waals surface area contributed by atoms with Gasteiger partial charge in [-0.05, 0) is 11.1 Å². The molecule has 1 aromatic carbocycles. The summed E-state index contributed by atoms with van der Waals surface area (Å²) in [5.41, 5.74) is 1.29. The molecule has 1 aromatic rings. The Balaban J connectivity index is 2.17. The van der Waals surface area contributed by atoms with E-state index in [9.17, 15) is 9.59 Å². The Hall–Kier alpha value is -1.88. The Morgan fingerprint density at radius 1 is 1.17 bits per heavy atom. The molecule has 5 heteroatoms. The van der Waals surface area contributed by atoms with Gasteiger partial charge in [0.1, 0.15) is 5.54 Å². The molecule has 1 aliphatic heterocycles. The fourth-order valence-electron chi connectivity index (χ4n) is 3.33. The molecule has 3 N–H and O–H groups in total. The van der Waals surface area contributed by atoms with E-state index in [4.69, 9.17) is 5.84 Å². The molecule has 1 saturated heterocycles. The number of carbonyl (C=O) groups excluding carboxylic acids is 2. The van der Waals surface area contributed by atoms with Crippen LogP contribution in [0.3, 0.4) is 0 Å². The first-order chi connectivity index (χ1) is 8.50. The summed E-state index contributed by atoms with van der Waals surface area (Å²) < 4.78 is 0. The number of nitrogens with zero attached hydrogens (tertiary/aromatic N) is 1. The quantitative estimate of drug-likeness (QED) is 0.408. The average Bonchev–Trinajstić information content (AvgIpc) is 2.73. The number of urea groups is 1. The van der Waals surface area contributed by atoms with E-state index in [-0.39, 0.29) is 17.7 Å². The predicted octanol–water partition coefficient (Wildman–Crippen LogP) is 1.07. The molecular weight excluding hydrogens is 230 g/mol. The third kappa shape index (κ3) is 1.05. The van der Waals surface area contributed by atoms with Crippen LogP contribution in [0.15, 0.2) is 24.3 Å². The Morgan fingerprint density at radius 2 is 1.67 bits per heavy atom. The molecule has 3 amide bonds. The fourth-order valence-corrected chi connectivity index (χ4v) is 3.33. The molecule has 3 rings (SSSR count). The van der Waals surface area contributed by atoms with E-state index < -0.39 is 11.6 Å². The maximum atomic E-state index is 12.3. The van der Waals surface area contributed by atoms with Gasteiger partial charge >= 0.3 is 6.03 Å². The van der Waals surface area contributed by atoms with E-state index >= 15 is 0 Å². The van der Waals surface area contributed by atoms with Crippen molar-refractivity contribution in [2.24, 2.45) is 5.84 Å². The highest BCUT2D eigenvalue weighted by atomic mass is 16.2. The lowest BCUT2D eigenvalue weighted by Crippen LogP contribution is -2.52. The Bertz CT molecular complexity index is 526. The van der Waals surface area contributed by atoms with Crippen LogP contribution in [0.5, 0.6) is 0 Å². The van der Waals surface area contributed by atoms with Gasteiger partial charge in [-0.3, -0.25) is 4.79 Å². The summed E-state index contributed by atoms with van der Waals surface area (Å²) in [6.07, 6.45) is 0. The van der Waals surface area contributed by atoms with Gasteiger partial charge in [-0.1, -0.05) is 38.1 Å². The van der Waals surface area contributed by atoms with E-state index in [2.05, 4.69) is 5.32 Å². The number of carbonyl (C=O) groups is 2. The first-order valence-electron chi connectivity index (χ1n) is 6.00. The Morgan fingerprint density at radius 3 is 2.06 bits per heavy atom. The van der Waals surface area contributed by atoms with Crippen molar-refractivity contribution >= 4 is 11.9 Å². The van der Waals surface area contributed by atoms with Crippen LogP contribution >= 0.6 is 0 Å². The molecule has 0 bridgehead atoms. The minimum atomic E-state index is -0.921. The van der Waals surface area contributed by atoms with Gasteiger partial charge in [-0.2, -0.15) is 5.01 Å². The van der Waals surface area contributed by atoms with Crippen LogP contribution in [0.25, 0.3) is 0 Å². The highest BCUT2D eigenvalue weighted by Gasteiger charge is 2.61. The van der Waals surface area contributed by atoms with Crippen LogP contribution in [0, 0.1) is 0 Å². The molecule has 2 atom stereocenters. The topological polar surface area (TPSA) is 75.4 Å². The molecule has 5 nitrogen and oxygen atoms in total. The second-order valence-corrected chi connectivity index (χ2v) is 5.05. The van der Waals surface area contributed by atoms with Gasteiger partial charge in [-0.15, -0.1) is 0 Å². The minimum Gasteiger partial charge on any atom is -0.321 e. The number of hydrazine groups is 1. The molecule has 0 saturated carbocycles. The molecule has 0 radical (unpaired) electrons. The predicted molar refractivity (Wildman–Crippen MR) is 65.6 cm³/mol. The number of rotatable bonds is 0. The van der Waals surface area contributed by atoms with Gasteiger partial charge < -0.3 is 5.32 Å². The van der Waals surface area contributed by atoms with Crippen LogP contribution in [0.4, 0.5) is 4.79 Å². The summed E-state index contributed by atoms with van der Waals surface area (Å²) >= 11 is 0. The molecule has 2 aliphatic rings. The standard InChI is InChI=1S/C13H15N3O2/c1-7-9-5-3-4-6-10(9)8(2)13(7)11(17)16(14)12(18)15-13/h3-8H,14H2,1-2H3,(H,15,18). The van der Waals surface area contributed by atoms with Crippen molar-refractivity contribution in [2.45, 2.75) is 31.2 Å². The first-order valence-corrected chi connectivity index (χ1v) is 6.00. The molecule has 94 valence electrons. The highest BCUT2D eigenvalue weighted by Crippen LogP contribution is 2.51. The van der Waals surface area contributed by atoms with E-state index in [1.54, 1.807) is 0 Å². The van der Waals surface area contributed by atoms with Crippen molar-refractivity contribution in [3.63, 3.8) is 0 Å². The summed E-state index contributed by atoms with van der Waals surface area (Å²) in [5.74, 6) is 5.01. The lowest BCUT2D eigenvalue weighted by atomic mass is 9.80. The van der Waals surface area contributed by atoms with Gasteiger partial charge in [0.05, 0.1) is 0 Å². The number of nitrogens with one attached hydrogen (secondary N) is 1. The van der Waals surface area contributed by atoms with Crippen molar-refractivity contribution in [3.8, 4) is 0 Å². The van der Waals surface area contributed by atoms with E-state index in [0.717, 1.165) is 11.1 Å². The summed E-state index contributed by atoms with van der Waals surface area (Å²) in [4.78, 5) is 24.0. The van der Waals surface area contributed by atoms with E-state index in [1.165, 1.54) is 0 Å². The normalized spacial score (nSPS) is 34.1. The van der Waals surface area contributed by atoms with Crippen LogP contribution in [-0.4, -0.2) is 22.5 Å². The van der Waals surface area contributed by atoms with E-state index in [1.807, 2.05) is 38.1 Å². The monoisotopic (exact) mass is 245 g/mol. The maximum absolute atomic E-state index is 12.3. The van der Waals surface area contributed by atoms with Crippen molar-refractivity contribution in [1.29, 1.82) is 0 Å². The van der Waals surface area contributed by atoms with Crippen LogP contribution in [0.1, 0.15) is 36.8 Å². The third-order valence-electron chi connectivity index (χ3n) is 4.40. The average molecular weight is 245 g/mol. The molecule has 1 aliphatic carbocycles. The van der Waals surface area contributed by atoms with Crippen LogP contribution in [-0.2, 0) is 4.79 Å². The van der Waals surface area contributed by atoms with Crippen molar-refractivity contribution in [1.82, 2.24) is 10.3 Å². The van der Waals surface area contributed by atoms with Gasteiger partial charge in [0.2, 0.25) is 0 Å². The second kappa shape index (κ2) is 3.32. The van der Waals surface area contributed by atoms with Crippen molar-refractivity contribution in [3.05, 3.63) is 35.4 Å². The molecule has 1 fully saturated rings. The molecular formula is C13H15N3O2. The number of imide groups is 1. The second-order valence-electron chi connectivity index (χ2n) is 5.05. The molecule has 2 unspecified atom stereocenters. The van der Waals surface area contributed by atoms with E-state index in [0.29, 0.717) is 5.01 Å². The summed E-state index contributed by atoms with van der Waals surface area (Å²) in [6, 6.07) is 7.38. The van der Waals surface area contributed by atoms with Gasteiger partial charge in [-0.25, -0.2) is 10.6 Å². The zero-order valence-corrected chi connectivity index (χ0v) is 10.3. The van der Waals surface area contributed by atoms with Crippen LogP contribution < -0.4 is 11.2 Å². The van der Waals surface area contributed by atoms with Gasteiger partial charge in [0.25, 0.3) is 5.91 Å². The largest absolute Gasteiger partial charge is 0.339 e. The molecule has 1 spiro atoms. The minimum absolute atomic E-state index is 0.0753.